The van der Waals surface area contributed by atoms with Gasteiger partial charge >= 0.3 is 0 Å². The number of nitrogens with one attached hydrogen (secondary N) is 1. The van der Waals surface area contributed by atoms with Crippen molar-refractivity contribution in [3.63, 3.8) is 0 Å². The highest BCUT2D eigenvalue weighted by Gasteiger charge is 2.30. The van der Waals surface area contributed by atoms with Gasteiger partial charge in [-0.25, -0.2) is 4.98 Å². The number of amides is 2. The minimum absolute atomic E-state index is 0.0156. The van der Waals surface area contributed by atoms with Crippen LogP contribution < -0.4 is 10.9 Å². The molecule has 2 N–H and O–H groups in total. The molecular formula is C23H25N5O4. The lowest BCUT2D eigenvalue weighted by atomic mass is 10.1. The molecule has 32 heavy (non-hydrogen) atoms. The molecule has 2 heterocycles. The van der Waals surface area contributed by atoms with Gasteiger partial charge in [-0.3, -0.25) is 19.0 Å². The molecule has 4 rings (SSSR count). The fraction of sp³-hybridized carbons (Fsp3) is 0.435. The first-order chi connectivity index (χ1) is 15.4. The Balaban J connectivity index is 1.60. The van der Waals surface area contributed by atoms with Crippen molar-refractivity contribution >= 4 is 17.5 Å². The third-order valence-electron chi connectivity index (χ3n) is 5.94. The molecule has 9 heteroatoms. The molecule has 0 atom stereocenters. The Morgan fingerprint density at radius 3 is 2.56 bits per heavy atom. The number of hydrogen-bond acceptors (Lipinski definition) is 6. The van der Waals surface area contributed by atoms with E-state index in [0.717, 1.165) is 12.8 Å². The van der Waals surface area contributed by atoms with Gasteiger partial charge in [0.05, 0.1) is 29.1 Å². The fourth-order valence-electron chi connectivity index (χ4n) is 3.82. The van der Waals surface area contributed by atoms with Crippen LogP contribution in [-0.4, -0.2) is 50.6 Å². The predicted octanol–water partition coefficient (Wildman–Crippen LogP) is 1.42. The van der Waals surface area contributed by atoms with Crippen molar-refractivity contribution in [2.75, 3.05) is 18.4 Å². The van der Waals surface area contributed by atoms with Crippen LogP contribution in [0.5, 0.6) is 0 Å². The average molecular weight is 435 g/mol. The summed E-state index contributed by atoms with van der Waals surface area (Å²) in [5.41, 5.74) is 1.37. The molecule has 1 aliphatic carbocycles. The zero-order chi connectivity index (χ0) is 22.8. The molecule has 0 unspecified atom stereocenters. The highest BCUT2D eigenvalue weighted by Crippen LogP contribution is 2.33. The first-order valence-electron chi connectivity index (χ1n) is 10.8. The molecule has 0 spiro atoms. The normalized spacial score (nSPS) is 16.5. The van der Waals surface area contributed by atoms with Crippen LogP contribution in [0.4, 0.5) is 5.69 Å². The molecule has 1 aromatic carbocycles. The molecule has 2 amide bonds. The number of anilines is 1. The monoisotopic (exact) mass is 435 g/mol. The second-order valence-corrected chi connectivity index (χ2v) is 8.36. The number of carbonyl (C=O) groups excluding carboxylic acids is 2. The summed E-state index contributed by atoms with van der Waals surface area (Å²) in [4.78, 5) is 43.9. The van der Waals surface area contributed by atoms with Crippen LogP contribution in [0.3, 0.4) is 0 Å². The summed E-state index contributed by atoms with van der Waals surface area (Å²) in [5, 5.41) is 21.7. The molecule has 1 aliphatic heterocycles. The molecule has 1 saturated carbocycles. The summed E-state index contributed by atoms with van der Waals surface area (Å²) in [6, 6.07) is 8.25. The quantitative estimate of drug-likeness (QED) is 0.731. The number of carbonyl (C=O) groups is 2. The molecule has 9 nitrogen and oxygen atoms in total. The summed E-state index contributed by atoms with van der Waals surface area (Å²) in [6.07, 6.45) is 2.37. The van der Waals surface area contributed by atoms with Crippen molar-refractivity contribution in [3.8, 4) is 17.3 Å². The number of nitrogens with zero attached hydrogens (tertiary/aromatic N) is 4. The van der Waals surface area contributed by atoms with E-state index in [1.54, 1.807) is 30.0 Å². The summed E-state index contributed by atoms with van der Waals surface area (Å²) < 4.78 is 1.32. The van der Waals surface area contributed by atoms with E-state index in [1.807, 2.05) is 0 Å². The van der Waals surface area contributed by atoms with Gasteiger partial charge in [-0.1, -0.05) is 0 Å². The van der Waals surface area contributed by atoms with Gasteiger partial charge in [0.2, 0.25) is 11.8 Å². The van der Waals surface area contributed by atoms with Crippen LogP contribution in [0.15, 0.2) is 29.1 Å². The van der Waals surface area contributed by atoms with Gasteiger partial charge in [0.1, 0.15) is 12.4 Å². The maximum Gasteiger partial charge on any atom is 0.254 e. The molecule has 166 valence electrons. The SMILES string of the molecule is Cc1nc(-c2ccc(C#N)cc2NC(=O)C2CC2)cc(=O)n1CC(=O)N1CCC(O)CC1. The molecule has 1 aromatic heterocycles. The fourth-order valence-corrected chi connectivity index (χ4v) is 3.82. The Hall–Kier alpha value is -3.51. The number of nitriles is 1. The topological polar surface area (TPSA) is 128 Å². The summed E-state index contributed by atoms with van der Waals surface area (Å²) in [6.45, 7) is 2.47. The largest absolute Gasteiger partial charge is 0.393 e. The molecule has 0 bridgehead atoms. The number of aliphatic hydroxyl groups excluding tert-OH is 1. The van der Waals surface area contributed by atoms with Crippen LogP contribution in [0.25, 0.3) is 11.3 Å². The van der Waals surface area contributed by atoms with Gasteiger partial charge in [0.15, 0.2) is 0 Å². The number of piperidine rings is 1. The van der Waals surface area contributed by atoms with E-state index < -0.39 is 0 Å². The first-order valence-corrected chi connectivity index (χ1v) is 10.8. The Kier molecular flexibility index (Phi) is 6.06. The molecule has 2 fully saturated rings. The van der Waals surface area contributed by atoms with Crippen LogP contribution in [-0.2, 0) is 16.1 Å². The van der Waals surface area contributed by atoms with E-state index in [1.165, 1.54) is 10.6 Å². The Labute approximate surface area is 185 Å². The molecule has 2 aliphatic rings. The number of hydrogen-bond donors (Lipinski definition) is 2. The maximum absolute atomic E-state index is 12.9. The van der Waals surface area contributed by atoms with Crippen molar-refractivity contribution < 1.29 is 14.7 Å². The van der Waals surface area contributed by atoms with Gasteiger partial charge in [-0.15, -0.1) is 0 Å². The van der Waals surface area contributed by atoms with E-state index in [2.05, 4.69) is 16.4 Å². The third-order valence-corrected chi connectivity index (χ3v) is 5.94. The second-order valence-electron chi connectivity index (χ2n) is 8.36. The lowest BCUT2D eigenvalue weighted by molar-refractivity contribution is -0.133. The van der Waals surface area contributed by atoms with E-state index in [9.17, 15) is 24.8 Å². The number of likely N-dealkylation sites (tertiary alicyclic amines) is 1. The van der Waals surface area contributed by atoms with Crippen molar-refractivity contribution in [1.29, 1.82) is 5.26 Å². The molecular weight excluding hydrogens is 410 g/mol. The Bertz CT molecular complexity index is 1150. The highest BCUT2D eigenvalue weighted by molar-refractivity contribution is 5.97. The molecule has 2 aromatic rings. The Morgan fingerprint density at radius 1 is 1.22 bits per heavy atom. The lowest BCUT2D eigenvalue weighted by Gasteiger charge is -2.30. The van der Waals surface area contributed by atoms with E-state index >= 15 is 0 Å². The minimum atomic E-state index is -0.383. The average Bonchev–Trinajstić information content (AvgIpc) is 3.62. The van der Waals surface area contributed by atoms with E-state index in [0.29, 0.717) is 54.3 Å². The first kappa shape index (κ1) is 21.7. The van der Waals surface area contributed by atoms with Crippen molar-refractivity contribution in [2.24, 2.45) is 5.92 Å². The highest BCUT2D eigenvalue weighted by atomic mass is 16.3. The Morgan fingerprint density at radius 2 is 1.94 bits per heavy atom. The summed E-state index contributed by atoms with van der Waals surface area (Å²) in [5.74, 6) is 0.0657. The van der Waals surface area contributed by atoms with Crippen molar-refractivity contribution in [3.05, 3.63) is 46.0 Å². The van der Waals surface area contributed by atoms with Gasteiger partial charge in [0.25, 0.3) is 5.56 Å². The van der Waals surface area contributed by atoms with Gasteiger partial charge in [0, 0.05) is 30.6 Å². The smallest absolute Gasteiger partial charge is 0.254 e. The standard InChI is InChI=1S/C23H25N5O4/c1-14-25-20(11-21(30)28(14)13-22(31)27-8-6-17(29)7-9-27)18-5-2-15(12-24)10-19(18)26-23(32)16-3-4-16/h2,5,10-11,16-17,29H,3-4,6-9,13H2,1H3,(H,26,32). The number of benzene rings is 1. The van der Waals surface area contributed by atoms with Gasteiger partial charge in [-0.05, 0) is 50.8 Å². The predicted molar refractivity (Wildman–Crippen MR) is 117 cm³/mol. The minimum Gasteiger partial charge on any atom is -0.393 e. The molecule has 1 saturated heterocycles. The lowest BCUT2D eigenvalue weighted by Crippen LogP contribution is -2.43. The van der Waals surface area contributed by atoms with Gasteiger partial charge < -0.3 is 15.3 Å². The zero-order valence-electron chi connectivity index (χ0n) is 17.9. The van der Waals surface area contributed by atoms with Crippen LogP contribution in [0, 0.1) is 24.2 Å². The van der Waals surface area contributed by atoms with Gasteiger partial charge in [-0.2, -0.15) is 5.26 Å². The second kappa shape index (κ2) is 8.93. The number of aryl methyl sites for hydroxylation is 1. The van der Waals surface area contributed by atoms with Crippen molar-refractivity contribution in [2.45, 2.75) is 45.3 Å². The summed E-state index contributed by atoms with van der Waals surface area (Å²) >= 11 is 0. The summed E-state index contributed by atoms with van der Waals surface area (Å²) in [7, 11) is 0. The van der Waals surface area contributed by atoms with Crippen LogP contribution >= 0.6 is 0 Å². The van der Waals surface area contributed by atoms with Crippen LogP contribution in [0.2, 0.25) is 0 Å². The third kappa shape index (κ3) is 4.70. The van der Waals surface area contributed by atoms with E-state index in [-0.39, 0.29) is 35.9 Å². The number of aromatic nitrogens is 2. The number of aliphatic hydroxyl groups is 1. The molecule has 0 radical (unpaired) electrons. The van der Waals surface area contributed by atoms with Crippen LogP contribution in [0.1, 0.15) is 37.1 Å². The number of rotatable bonds is 5. The van der Waals surface area contributed by atoms with E-state index in [4.69, 9.17) is 0 Å². The van der Waals surface area contributed by atoms with Crippen molar-refractivity contribution in [1.82, 2.24) is 14.5 Å². The maximum atomic E-state index is 12.9. The zero-order valence-corrected chi connectivity index (χ0v) is 17.9.